The number of ether oxygens (including phenoxy) is 1. The van der Waals surface area contributed by atoms with Crippen LogP contribution in [0.5, 0.6) is 0 Å². The van der Waals surface area contributed by atoms with Gasteiger partial charge in [0.05, 0.1) is 12.6 Å². The molecule has 0 aliphatic carbocycles. The normalized spacial score (nSPS) is 12.7. The van der Waals surface area contributed by atoms with Crippen LogP contribution in [0.15, 0.2) is 0 Å². The lowest BCUT2D eigenvalue weighted by Crippen LogP contribution is -2.42. The molecule has 0 rings (SSSR count). The number of Topliss-reactive ketones (excluding diaryl/α,β-unsaturated/α-hetero) is 1. The lowest BCUT2D eigenvalue weighted by molar-refractivity contribution is -0.121. The highest BCUT2D eigenvalue weighted by molar-refractivity contribution is 5.81. The number of ketones is 1. The lowest BCUT2D eigenvalue weighted by Gasteiger charge is -2.22. The molecular weight excluding hydrogens is 238 g/mol. The largest absolute Gasteiger partial charge is 0.444 e. The summed E-state index contributed by atoms with van der Waals surface area (Å²) in [6, 6.07) is -0.681. The second-order valence-corrected chi connectivity index (χ2v) is 4.97. The molecule has 0 aliphatic rings. The van der Waals surface area contributed by atoms with E-state index in [1.54, 1.807) is 20.8 Å². The molecule has 104 valence electrons. The molecule has 0 aromatic carbocycles. The number of aldehydes is 1. The quantitative estimate of drug-likeness (QED) is 0.660. The van der Waals surface area contributed by atoms with E-state index in [-0.39, 0.29) is 31.7 Å². The van der Waals surface area contributed by atoms with Gasteiger partial charge in [-0.1, -0.05) is 0 Å². The Kier molecular flexibility index (Phi) is 7.19. The highest BCUT2D eigenvalue weighted by Gasteiger charge is 2.20. The van der Waals surface area contributed by atoms with Crippen molar-refractivity contribution < 1.29 is 24.2 Å². The van der Waals surface area contributed by atoms with E-state index in [0.717, 1.165) is 0 Å². The van der Waals surface area contributed by atoms with Gasteiger partial charge in [-0.2, -0.15) is 0 Å². The molecule has 0 radical (unpaired) electrons. The maximum Gasteiger partial charge on any atom is 0.407 e. The summed E-state index contributed by atoms with van der Waals surface area (Å²) in [7, 11) is 0. The molecule has 0 aromatic heterocycles. The predicted molar refractivity (Wildman–Crippen MR) is 65.2 cm³/mol. The first-order chi connectivity index (χ1) is 8.28. The molecule has 18 heavy (non-hydrogen) atoms. The van der Waals surface area contributed by atoms with E-state index in [2.05, 4.69) is 5.32 Å². The number of nitrogens with one attached hydrogen (secondary N) is 1. The number of carbonyl (C=O) groups excluding carboxylic acids is 3. The van der Waals surface area contributed by atoms with Gasteiger partial charge in [0.2, 0.25) is 0 Å². The van der Waals surface area contributed by atoms with Gasteiger partial charge >= 0.3 is 6.09 Å². The van der Waals surface area contributed by atoms with Gasteiger partial charge in [0.1, 0.15) is 17.7 Å². The Morgan fingerprint density at radius 1 is 1.39 bits per heavy atom. The number of hydrogen-bond acceptors (Lipinski definition) is 5. The predicted octanol–water partition coefficient (Wildman–Crippen LogP) is 0.810. The molecular formula is C12H21NO5. The van der Waals surface area contributed by atoms with Crippen molar-refractivity contribution in [1.29, 1.82) is 0 Å². The van der Waals surface area contributed by atoms with Crippen LogP contribution in [0.3, 0.4) is 0 Å². The maximum absolute atomic E-state index is 11.4. The molecule has 0 spiro atoms. The third kappa shape index (κ3) is 8.69. The molecule has 0 bridgehead atoms. The van der Waals surface area contributed by atoms with Crippen LogP contribution in [0.25, 0.3) is 0 Å². The molecule has 0 saturated carbocycles. The zero-order valence-corrected chi connectivity index (χ0v) is 11.1. The van der Waals surface area contributed by atoms with Gasteiger partial charge < -0.3 is 20.0 Å². The minimum absolute atomic E-state index is 0.0103. The van der Waals surface area contributed by atoms with Crippen molar-refractivity contribution in [1.82, 2.24) is 5.32 Å². The van der Waals surface area contributed by atoms with Gasteiger partial charge in [0, 0.05) is 19.3 Å². The molecule has 2 N–H and O–H groups in total. The van der Waals surface area contributed by atoms with Crippen LogP contribution in [0.1, 0.15) is 40.0 Å². The van der Waals surface area contributed by atoms with Crippen molar-refractivity contribution in [3.8, 4) is 0 Å². The van der Waals surface area contributed by atoms with Crippen LogP contribution in [-0.2, 0) is 14.3 Å². The summed E-state index contributed by atoms with van der Waals surface area (Å²) in [6.07, 6.45) is 0.251. The van der Waals surface area contributed by atoms with Crippen molar-refractivity contribution in [3.63, 3.8) is 0 Å². The molecule has 1 atom stereocenters. The number of aliphatic hydroxyl groups is 1. The number of aliphatic hydroxyl groups excluding tert-OH is 1. The summed E-state index contributed by atoms with van der Waals surface area (Å²) in [6.45, 7) is 4.80. The zero-order valence-electron chi connectivity index (χ0n) is 11.1. The summed E-state index contributed by atoms with van der Waals surface area (Å²) in [5.74, 6) is -0.183. The van der Waals surface area contributed by atoms with E-state index in [1.807, 2.05) is 0 Å². The standard InChI is InChI=1S/C12H21NO5/c1-12(2,3)18-11(17)13-9(8-15)7-10(16)5-4-6-14/h6,9,15H,4-5,7-8H2,1-3H3,(H,13,17)/t9-/m0/s1. The molecule has 0 unspecified atom stereocenters. The van der Waals surface area contributed by atoms with Crippen LogP contribution >= 0.6 is 0 Å². The van der Waals surface area contributed by atoms with Crippen molar-refractivity contribution in [2.24, 2.45) is 0 Å². The zero-order chi connectivity index (χ0) is 14.2. The van der Waals surface area contributed by atoms with Crippen molar-refractivity contribution in [2.75, 3.05) is 6.61 Å². The fraction of sp³-hybridized carbons (Fsp3) is 0.750. The van der Waals surface area contributed by atoms with Crippen molar-refractivity contribution >= 4 is 18.2 Å². The Labute approximate surface area is 107 Å². The highest BCUT2D eigenvalue weighted by Crippen LogP contribution is 2.07. The Morgan fingerprint density at radius 2 is 2.00 bits per heavy atom. The first kappa shape index (κ1) is 16.6. The van der Waals surface area contributed by atoms with Gasteiger partial charge in [-0.25, -0.2) is 4.79 Å². The maximum atomic E-state index is 11.4. The first-order valence-corrected chi connectivity index (χ1v) is 5.84. The van der Waals surface area contributed by atoms with Crippen LogP contribution in [0.4, 0.5) is 4.79 Å². The Balaban J connectivity index is 4.14. The summed E-state index contributed by atoms with van der Waals surface area (Å²) in [5.41, 5.74) is -0.633. The Hall–Kier alpha value is -1.43. The third-order valence-electron chi connectivity index (χ3n) is 1.96. The summed E-state index contributed by atoms with van der Waals surface area (Å²) in [4.78, 5) is 32.9. The van der Waals surface area contributed by atoms with Crippen LogP contribution in [0.2, 0.25) is 0 Å². The van der Waals surface area contributed by atoms with Gasteiger partial charge in [0.25, 0.3) is 0 Å². The molecule has 0 aromatic rings. The molecule has 1 amide bonds. The number of hydrogen-bond donors (Lipinski definition) is 2. The molecule has 0 fully saturated rings. The van der Waals surface area contributed by atoms with E-state index in [9.17, 15) is 14.4 Å². The molecule has 6 heteroatoms. The molecule has 0 heterocycles. The van der Waals surface area contributed by atoms with E-state index < -0.39 is 17.7 Å². The number of rotatable bonds is 7. The second-order valence-electron chi connectivity index (χ2n) is 4.97. The van der Waals surface area contributed by atoms with Crippen molar-refractivity contribution in [3.05, 3.63) is 0 Å². The smallest absolute Gasteiger partial charge is 0.407 e. The van der Waals surface area contributed by atoms with Gasteiger partial charge in [-0.3, -0.25) is 4.79 Å². The fourth-order valence-electron chi connectivity index (χ4n) is 1.23. The van der Waals surface area contributed by atoms with Crippen LogP contribution in [-0.4, -0.2) is 41.5 Å². The first-order valence-electron chi connectivity index (χ1n) is 5.84. The average molecular weight is 259 g/mol. The van der Waals surface area contributed by atoms with E-state index in [1.165, 1.54) is 0 Å². The number of amides is 1. The van der Waals surface area contributed by atoms with E-state index in [4.69, 9.17) is 9.84 Å². The monoisotopic (exact) mass is 259 g/mol. The fourth-order valence-corrected chi connectivity index (χ4v) is 1.23. The third-order valence-corrected chi connectivity index (χ3v) is 1.96. The molecule has 0 aliphatic heterocycles. The van der Waals surface area contributed by atoms with Gasteiger partial charge in [-0.15, -0.1) is 0 Å². The summed E-state index contributed by atoms with van der Waals surface area (Å²) < 4.78 is 5.00. The molecule has 6 nitrogen and oxygen atoms in total. The molecule has 0 saturated heterocycles. The van der Waals surface area contributed by atoms with E-state index >= 15 is 0 Å². The summed E-state index contributed by atoms with van der Waals surface area (Å²) in [5, 5.41) is 11.5. The van der Waals surface area contributed by atoms with Crippen molar-refractivity contribution in [2.45, 2.75) is 51.7 Å². The van der Waals surface area contributed by atoms with Gasteiger partial charge in [-0.05, 0) is 20.8 Å². The second kappa shape index (κ2) is 7.81. The minimum atomic E-state index is -0.681. The summed E-state index contributed by atoms with van der Waals surface area (Å²) >= 11 is 0. The topological polar surface area (TPSA) is 92.7 Å². The Bertz CT molecular complexity index is 295. The highest BCUT2D eigenvalue weighted by atomic mass is 16.6. The van der Waals surface area contributed by atoms with E-state index in [0.29, 0.717) is 6.29 Å². The SMILES string of the molecule is CC(C)(C)OC(=O)N[C@H](CO)CC(=O)CCC=O. The van der Waals surface area contributed by atoms with Crippen LogP contribution < -0.4 is 5.32 Å². The lowest BCUT2D eigenvalue weighted by atomic mass is 10.1. The van der Waals surface area contributed by atoms with Gasteiger partial charge in [0.15, 0.2) is 0 Å². The average Bonchev–Trinajstić information content (AvgIpc) is 2.22. The minimum Gasteiger partial charge on any atom is -0.444 e. The Morgan fingerprint density at radius 3 is 2.44 bits per heavy atom. The number of alkyl carbamates (subject to hydrolysis) is 1. The van der Waals surface area contributed by atoms with Crippen LogP contribution in [0, 0.1) is 0 Å². The number of carbonyl (C=O) groups is 3.